The Morgan fingerprint density at radius 2 is 2.56 bits per heavy atom. The maximum absolute atomic E-state index is 4.98. The van der Waals surface area contributed by atoms with Gasteiger partial charge >= 0.3 is 0 Å². The third-order valence-electron chi connectivity index (χ3n) is 1.25. The fourth-order valence-corrected chi connectivity index (χ4v) is 0.775. The number of hydrogen-bond donors (Lipinski definition) is 0. The van der Waals surface area contributed by atoms with E-state index in [2.05, 4.69) is 5.59 Å². The summed E-state index contributed by atoms with van der Waals surface area (Å²) in [6.07, 6.45) is 3.33. The molecular weight excluding hydrogens is 120 g/mol. The van der Waals surface area contributed by atoms with E-state index in [9.17, 15) is 0 Å². The van der Waals surface area contributed by atoms with Crippen molar-refractivity contribution in [3.63, 3.8) is 0 Å². The Balaban J connectivity index is 2.28. The molecule has 0 saturated carbocycles. The first-order valence-electron chi connectivity index (χ1n) is 2.72. The molecule has 2 aliphatic heterocycles. The predicted octanol–water partition coefficient (Wildman–Crippen LogP) is 0.175. The molecule has 48 valence electrons. The molecule has 0 bridgehead atoms. The minimum Gasteiger partial charge on any atom is -0.484 e. The van der Waals surface area contributed by atoms with Gasteiger partial charge in [-0.15, -0.1) is 0 Å². The van der Waals surface area contributed by atoms with E-state index in [-0.39, 0.29) is 0 Å². The van der Waals surface area contributed by atoms with Crippen LogP contribution in [-0.4, -0.2) is 23.6 Å². The lowest BCUT2D eigenvalue weighted by atomic mass is 10.4. The molecule has 0 aliphatic carbocycles. The molecular formula is C5H6N2O2. The normalized spacial score (nSPS) is 23.1. The topological polar surface area (TPSA) is 35.6 Å². The first-order chi connectivity index (χ1) is 4.47. The van der Waals surface area contributed by atoms with Gasteiger partial charge in [-0.3, -0.25) is 0 Å². The third-order valence-corrected chi connectivity index (χ3v) is 1.25. The van der Waals surface area contributed by atoms with Crippen molar-refractivity contribution in [2.24, 2.45) is 0 Å². The van der Waals surface area contributed by atoms with E-state index in [0.29, 0.717) is 13.2 Å². The maximum Gasteiger partial charge on any atom is 0.217 e. The monoisotopic (exact) mass is 126 g/mol. The molecule has 0 spiro atoms. The highest BCUT2D eigenvalue weighted by Crippen LogP contribution is 2.07. The number of rotatable bonds is 0. The van der Waals surface area contributed by atoms with Crippen molar-refractivity contribution in [1.29, 1.82) is 0 Å². The Bertz CT molecular complexity index is 185. The zero-order chi connectivity index (χ0) is 6.10. The molecule has 0 amide bonds. The Hall–Kier alpha value is -1.03. The molecule has 2 rings (SSSR count). The van der Waals surface area contributed by atoms with Crippen molar-refractivity contribution in [1.82, 2.24) is 0 Å². The Morgan fingerprint density at radius 1 is 1.56 bits per heavy atom. The van der Waals surface area contributed by atoms with E-state index in [4.69, 9.17) is 9.57 Å². The SMILES string of the molecule is C1=C[N+]2=C(CO1)CO[N-]2. The Labute approximate surface area is 52.3 Å². The van der Waals surface area contributed by atoms with Crippen LogP contribution in [0.5, 0.6) is 0 Å². The molecule has 4 nitrogen and oxygen atoms in total. The highest BCUT2D eigenvalue weighted by Gasteiger charge is 2.16. The molecule has 0 atom stereocenters. The average Bonchev–Trinajstić information content (AvgIpc) is 2.33. The lowest BCUT2D eigenvalue weighted by Gasteiger charge is -2.06. The van der Waals surface area contributed by atoms with Gasteiger partial charge in [0.1, 0.15) is 12.9 Å². The second-order valence-corrected chi connectivity index (χ2v) is 1.86. The van der Waals surface area contributed by atoms with Gasteiger partial charge < -0.3 is 15.2 Å². The summed E-state index contributed by atoms with van der Waals surface area (Å²) in [7, 11) is 0. The standard InChI is InChI=1S/C5H6N2O2/c1-2-8-3-5-4-9-6-7(1)5/h1-2H,3-4H2. The van der Waals surface area contributed by atoms with E-state index in [0.717, 1.165) is 5.71 Å². The van der Waals surface area contributed by atoms with Crippen LogP contribution in [0.15, 0.2) is 12.5 Å². The highest BCUT2D eigenvalue weighted by atomic mass is 16.7. The van der Waals surface area contributed by atoms with Crippen molar-refractivity contribution in [2.75, 3.05) is 13.2 Å². The molecule has 0 unspecified atom stereocenters. The second kappa shape index (κ2) is 1.73. The first-order valence-corrected chi connectivity index (χ1v) is 2.72. The van der Waals surface area contributed by atoms with Gasteiger partial charge in [-0.2, -0.15) is 0 Å². The van der Waals surface area contributed by atoms with Crippen molar-refractivity contribution >= 4 is 5.71 Å². The first kappa shape index (κ1) is 4.81. The van der Waals surface area contributed by atoms with Crippen LogP contribution in [0.25, 0.3) is 5.59 Å². The summed E-state index contributed by atoms with van der Waals surface area (Å²) >= 11 is 0. The molecule has 0 N–H and O–H groups in total. The minimum atomic E-state index is 0.560. The van der Waals surface area contributed by atoms with Crippen LogP contribution in [0, 0.1) is 0 Å². The number of hydrogen-bond acceptors (Lipinski definition) is 2. The fraction of sp³-hybridized carbons (Fsp3) is 0.400. The maximum atomic E-state index is 4.98. The van der Waals surface area contributed by atoms with Crippen LogP contribution in [0.3, 0.4) is 0 Å². The summed E-state index contributed by atoms with van der Waals surface area (Å²) in [6, 6.07) is 0. The molecule has 4 heteroatoms. The largest absolute Gasteiger partial charge is 0.484 e. The third kappa shape index (κ3) is 0.675. The summed E-state index contributed by atoms with van der Waals surface area (Å²) < 4.78 is 6.67. The van der Waals surface area contributed by atoms with Crippen molar-refractivity contribution in [2.45, 2.75) is 0 Å². The minimum absolute atomic E-state index is 0.560. The molecule has 9 heavy (non-hydrogen) atoms. The van der Waals surface area contributed by atoms with Crippen LogP contribution < -0.4 is 0 Å². The average molecular weight is 126 g/mol. The fourth-order valence-electron chi connectivity index (χ4n) is 0.775. The van der Waals surface area contributed by atoms with E-state index in [1.165, 1.54) is 0 Å². The highest BCUT2D eigenvalue weighted by molar-refractivity contribution is 5.83. The molecule has 0 aromatic carbocycles. The van der Waals surface area contributed by atoms with Gasteiger partial charge in [0.15, 0.2) is 6.61 Å². The van der Waals surface area contributed by atoms with Crippen LogP contribution in [-0.2, 0) is 9.57 Å². The van der Waals surface area contributed by atoms with E-state index < -0.39 is 0 Å². The van der Waals surface area contributed by atoms with Crippen LogP contribution in [0.2, 0.25) is 0 Å². The predicted molar refractivity (Wildman–Crippen MR) is 29.7 cm³/mol. The van der Waals surface area contributed by atoms with Crippen molar-refractivity contribution in [3.8, 4) is 0 Å². The zero-order valence-corrected chi connectivity index (χ0v) is 4.78. The van der Waals surface area contributed by atoms with E-state index in [1.54, 1.807) is 17.1 Å². The second-order valence-electron chi connectivity index (χ2n) is 1.86. The van der Waals surface area contributed by atoms with Crippen molar-refractivity contribution in [3.05, 3.63) is 18.1 Å². The number of nitrogens with zero attached hydrogens (tertiary/aromatic N) is 2. The van der Waals surface area contributed by atoms with Gasteiger partial charge in [0.25, 0.3) is 0 Å². The van der Waals surface area contributed by atoms with Gasteiger partial charge in [0, 0.05) is 0 Å². The van der Waals surface area contributed by atoms with E-state index >= 15 is 0 Å². The summed E-state index contributed by atoms with van der Waals surface area (Å²) in [4.78, 5) is 4.77. The lowest BCUT2D eigenvalue weighted by molar-refractivity contribution is -0.429. The van der Waals surface area contributed by atoms with E-state index in [1.807, 2.05) is 0 Å². The van der Waals surface area contributed by atoms with Gasteiger partial charge in [-0.1, -0.05) is 0 Å². The zero-order valence-electron chi connectivity index (χ0n) is 4.78. The van der Waals surface area contributed by atoms with Crippen LogP contribution >= 0.6 is 0 Å². The molecule has 0 saturated heterocycles. The van der Waals surface area contributed by atoms with Crippen LogP contribution in [0.4, 0.5) is 0 Å². The van der Waals surface area contributed by atoms with Gasteiger partial charge in [-0.25, -0.2) is 4.68 Å². The van der Waals surface area contributed by atoms with Gasteiger partial charge in [0.05, 0.1) is 0 Å². The smallest absolute Gasteiger partial charge is 0.217 e. The lowest BCUT2D eigenvalue weighted by Crippen LogP contribution is -2.18. The molecule has 2 aliphatic rings. The number of ether oxygens (including phenoxy) is 1. The summed E-state index contributed by atoms with van der Waals surface area (Å²) in [5.74, 6) is 0. The summed E-state index contributed by atoms with van der Waals surface area (Å²) in [6.45, 7) is 1.16. The van der Waals surface area contributed by atoms with Gasteiger partial charge in [0.2, 0.25) is 11.9 Å². The Morgan fingerprint density at radius 3 is 3.44 bits per heavy atom. The Kier molecular flexibility index (Phi) is 0.927. The summed E-state index contributed by atoms with van der Waals surface area (Å²) in [5, 5.41) is 0. The van der Waals surface area contributed by atoms with Crippen LogP contribution in [0.1, 0.15) is 0 Å². The van der Waals surface area contributed by atoms with Gasteiger partial charge in [-0.05, 0) is 0 Å². The molecule has 0 fully saturated rings. The molecule has 0 aromatic rings. The molecule has 0 aromatic heterocycles. The molecule has 2 heterocycles. The summed E-state index contributed by atoms with van der Waals surface area (Å²) in [5.41, 5.74) is 4.74. The molecule has 0 radical (unpaired) electrons. The quantitative estimate of drug-likeness (QED) is 0.434. The van der Waals surface area contributed by atoms with Crippen molar-refractivity contribution < 1.29 is 14.3 Å².